The van der Waals surface area contributed by atoms with Crippen molar-refractivity contribution in [3.8, 4) is 11.1 Å². The Labute approximate surface area is 233 Å². The van der Waals surface area contributed by atoms with E-state index >= 15 is 0 Å². The van der Waals surface area contributed by atoms with Gasteiger partial charge in [-0.05, 0) is 59.0 Å². The number of hydrogen-bond acceptors (Lipinski definition) is 6. The van der Waals surface area contributed by atoms with Gasteiger partial charge in [0.25, 0.3) is 5.91 Å². The average Bonchev–Trinajstić information content (AvgIpc) is 3.00. The molecule has 0 spiro atoms. The van der Waals surface area contributed by atoms with E-state index in [0.29, 0.717) is 0 Å². The Bertz CT molecular complexity index is 1020. The third kappa shape index (κ3) is 7.66. The lowest BCUT2D eigenvalue weighted by atomic mass is 9.99. The summed E-state index contributed by atoms with van der Waals surface area (Å²) < 4.78 is 0. The first-order valence-electron chi connectivity index (χ1n) is 14.5. The summed E-state index contributed by atoms with van der Waals surface area (Å²) in [6.07, 6.45) is 6.19. The second-order valence-electron chi connectivity index (χ2n) is 11.1. The standard InChI is InChI=1S/C31H44NO6P/c33-20-26(34)28(35)29(36)30(37)31(38)32-19-21-15-17-22(18-16-21)25-13-7-8-14-27(25)39(23-9-3-1-4-10-23)24-11-5-2-6-12-24/h7-8,13-18,23-24,26,28-30,33-37H,1-6,9-12,19-20H2,(H,32,38). The van der Waals surface area contributed by atoms with Gasteiger partial charge < -0.3 is 30.8 Å². The molecule has 0 aliphatic heterocycles. The molecule has 7 nitrogen and oxygen atoms in total. The molecule has 0 aromatic heterocycles. The molecular formula is C31H44NO6P. The fourth-order valence-electron chi connectivity index (χ4n) is 6.13. The topological polar surface area (TPSA) is 130 Å². The molecule has 2 aliphatic rings. The van der Waals surface area contributed by atoms with Crippen molar-refractivity contribution in [2.24, 2.45) is 0 Å². The number of nitrogens with one attached hydrogen (secondary N) is 1. The van der Waals surface area contributed by atoms with Gasteiger partial charge >= 0.3 is 0 Å². The van der Waals surface area contributed by atoms with Crippen LogP contribution in [0.3, 0.4) is 0 Å². The lowest BCUT2D eigenvalue weighted by Crippen LogP contribution is -2.51. The first kappa shape index (κ1) is 30.1. The van der Waals surface area contributed by atoms with Crippen LogP contribution in [0.25, 0.3) is 11.1 Å². The number of carbonyl (C=O) groups excluding carboxylic acids is 1. The van der Waals surface area contributed by atoms with Crippen LogP contribution < -0.4 is 10.6 Å². The second-order valence-corrected chi connectivity index (χ2v) is 13.9. The molecule has 0 heterocycles. The summed E-state index contributed by atoms with van der Waals surface area (Å²) in [6, 6.07) is 17.0. The zero-order chi connectivity index (χ0) is 27.8. The fourth-order valence-corrected chi connectivity index (χ4v) is 10.1. The number of aliphatic hydroxyl groups excluding tert-OH is 5. The van der Waals surface area contributed by atoms with Gasteiger partial charge in [-0.2, -0.15) is 0 Å². The van der Waals surface area contributed by atoms with Crippen molar-refractivity contribution >= 4 is 19.1 Å². The summed E-state index contributed by atoms with van der Waals surface area (Å²) in [6.45, 7) is -0.661. The van der Waals surface area contributed by atoms with Gasteiger partial charge in [-0.25, -0.2) is 0 Å². The monoisotopic (exact) mass is 557 g/mol. The van der Waals surface area contributed by atoms with Gasteiger partial charge in [0.15, 0.2) is 6.10 Å². The maximum absolute atomic E-state index is 12.3. The van der Waals surface area contributed by atoms with E-state index in [1.807, 2.05) is 12.1 Å². The van der Waals surface area contributed by atoms with Crippen molar-refractivity contribution in [2.45, 2.75) is 106 Å². The van der Waals surface area contributed by atoms with Crippen LogP contribution in [0.4, 0.5) is 0 Å². The number of amides is 1. The molecule has 2 fully saturated rings. The molecule has 214 valence electrons. The Balaban J connectivity index is 1.46. The van der Waals surface area contributed by atoms with Crippen molar-refractivity contribution in [1.82, 2.24) is 5.32 Å². The van der Waals surface area contributed by atoms with Crippen LogP contribution in [0, 0.1) is 0 Å². The summed E-state index contributed by atoms with van der Waals surface area (Å²) in [5, 5.41) is 52.2. The zero-order valence-electron chi connectivity index (χ0n) is 22.7. The molecule has 0 bridgehead atoms. The second kappa shape index (κ2) is 14.7. The van der Waals surface area contributed by atoms with Crippen molar-refractivity contribution in [1.29, 1.82) is 0 Å². The summed E-state index contributed by atoms with van der Waals surface area (Å²) >= 11 is 0. The molecular weight excluding hydrogens is 513 g/mol. The van der Waals surface area contributed by atoms with Crippen LogP contribution in [0.15, 0.2) is 48.5 Å². The van der Waals surface area contributed by atoms with E-state index in [2.05, 4.69) is 41.7 Å². The zero-order valence-corrected chi connectivity index (χ0v) is 23.6. The van der Waals surface area contributed by atoms with Crippen LogP contribution in [0.5, 0.6) is 0 Å². The molecule has 2 aliphatic carbocycles. The summed E-state index contributed by atoms with van der Waals surface area (Å²) in [7, 11) is -0.247. The normalized spacial score (nSPS) is 20.4. The van der Waals surface area contributed by atoms with Crippen molar-refractivity contribution in [3.05, 3.63) is 54.1 Å². The van der Waals surface area contributed by atoms with E-state index < -0.39 is 36.9 Å². The van der Waals surface area contributed by atoms with Crippen molar-refractivity contribution in [2.75, 3.05) is 6.61 Å². The van der Waals surface area contributed by atoms with Crippen LogP contribution in [-0.2, 0) is 11.3 Å². The van der Waals surface area contributed by atoms with E-state index in [0.717, 1.165) is 22.4 Å². The van der Waals surface area contributed by atoms with E-state index in [-0.39, 0.29) is 14.5 Å². The van der Waals surface area contributed by atoms with Gasteiger partial charge in [0.05, 0.1) is 6.61 Å². The minimum atomic E-state index is -1.94. The first-order valence-corrected chi connectivity index (χ1v) is 16.0. The summed E-state index contributed by atoms with van der Waals surface area (Å²) in [5.74, 6) is -0.869. The van der Waals surface area contributed by atoms with Crippen LogP contribution >= 0.6 is 7.92 Å². The van der Waals surface area contributed by atoms with E-state index in [9.17, 15) is 25.2 Å². The SMILES string of the molecule is O=C(NCc1ccc(-c2ccccc2P(C2CCCCC2)C2CCCCC2)cc1)C(O)C(O)C(O)C(O)CO. The number of benzene rings is 2. The van der Waals surface area contributed by atoms with E-state index in [1.54, 1.807) is 0 Å². The Morgan fingerprint density at radius 2 is 1.36 bits per heavy atom. The predicted molar refractivity (Wildman–Crippen MR) is 155 cm³/mol. The number of hydrogen-bond donors (Lipinski definition) is 6. The molecule has 6 N–H and O–H groups in total. The van der Waals surface area contributed by atoms with Crippen molar-refractivity contribution < 1.29 is 30.3 Å². The third-order valence-corrected chi connectivity index (χ3v) is 11.9. The molecule has 0 saturated heterocycles. The summed E-state index contributed by atoms with van der Waals surface area (Å²) in [5.41, 5.74) is 4.93. The first-order chi connectivity index (χ1) is 18.9. The van der Waals surface area contributed by atoms with E-state index in [4.69, 9.17) is 5.11 Å². The third-order valence-electron chi connectivity index (χ3n) is 8.37. The highest BCUT2D eigenvalue weighted by molar-refractivity contribution is 7.67. The van der Waals surface area contributed by atoms with Crippen LogP contribution in [-0.4, -0.2) is 73.8 Å². The Hall–Kier alpha value is -1.86. The molecule has 2 aromatic rings. The van der Waals surface area contributed by atoms with E-state index in [1.165, 1.54) is 75.1 Å². The van der Waals surface area contributed by atoms with Crippen molar-refractivity contribution in [3.63, 3.8) is 0 Å². The molecule has 4 atom stereocenters. The maximum Gasteiger partial charge on any atom is 0.251 e. The lowest BCUT2D eigenvalue weighted by molar-refractivity contribution is -0.149. The van der Waals surface area contributed by atoms with Gasteiger partial charge in [0.2, 0.25) is 0 Å². The molecule has 0 radical (unpaired) electrons. The molecule has 4 rings (SSSR count). The van der Waals surface area contributed by atoms with Gasteiger partial charge in [0, 0.05) is 6.54 Å². The molecule has 2 aromatic carbocycles. The molecule has 2 saturated carbocycles. The minimum absolute atomic E-state index is 0.139. The van der Waals surface area contributed by atoms with Gasteiger partial charge in [-0.15, -0.1) is 0 Å². The molecule has 39 heavy (non-hydrogen) atoms. The lowest BCUT2D eigenvalue weighted by Gasteiger charge is -2.39. The van der Waals surface area contributed by atoms with Gasteiger partial charge in [-0.1, -0.05) is 95.0 Å². The maximum atomic E-state index is 12.3. The molecule has 8 heteroatoms. The largest absolute Gasteiger partial charge is 0.394 e. The van der Waals surface area contributed by atoms with Gasteiger partial charge in [0.1, 0.15) is 18.3 Å². The average molecular weight is 558 g/mol. The minimum Gasteiger partial charge on any atom is -0.394 e. The summed E-state index contributed by atoms with van der Waals surface area (Å²) in [4.78, 5) is 12.3. The highest BCUT2D eigenvalue weighted by Crippen LogP contribution is 2.56. The highest BCUT2D eigenvalue weighted by atomic mass is 31.1. The Morgan fingerprint density at radius 3 is 1.92 bits per heavy atom. The molecule has 4 unspecified atom stereocenters. The van der Waals surface area contributed by atoms with Gasteiger partial charge in [-0.3, -0.25) is 4.79 Å². The quantitative estimate of drug-likeness (QED) is 0.236. The predicted octanol–water partition coefficient (Wildman–Crippen LogP) is 3.18. The van der Waals surface area contributed by atoms with Crippen LogP contribution in [0.2, 0.25) is 0 Å². The Kier molecular flexibility index (Phi) is 11.3. The number of carbonyl (C=O) groups is 1. The number of aliphatic hydroxyl groups is 5. The fraction of sp³-hybridized carbons (Fsp3) is 0.581. The number of rotatable bonds is 11. The highest BCUT2D eigenvalue weighted by Gasteiger charge is 2.35. The Morgan fingerprint density at radius 1 is 0.795 bits per heavy atom. The van der Waals surface area contributed by atoms with Crippen LogP contribution in [0.1, 0.15) is 69.8 Å². The molecule has 1 amide bonds. The smallest absolute Gasteiger partial charge is 0.251 e.